The predicted octanol–water partition coefficient (Wildman–Crippen LogP) is 2.78. The molecular formula is C19H17N5O. The Hall–Kier alpha value is -3.51. The number of amides is 2. The number of benzene rings is 2. The van der Waals surface area contributed by atoms with Gasteiger partial charge in [-0.25, -0.2) is 4.79 Å². The zero-order chi connectivity index (χ0) is 17.6. The fourth-order valence-electron chi connectivity index (χ4n) is 2.83. The van der Waals surface area contributed by atoms with Gasteiger partial charge in [0.15, 0.2) is 0 Å². The maximum absolute atomic E-state index is 12.4. The van der Waals surface area contributed by atoms with Gasteiger partial charge in [0.2, 0.25) is 0 Å². The van der Waals surface area contributed by atoms with Crippen LogP contribution in [0.4, 0.5) is 16.2 Å². The number of anilines is 2. The molecule has 25 heavy (non-hydrogen) atoms. The van der Waals surface area contributed by atoms with Crippen molar-refractivity contribution in [2.75, 3.05) is 36.4 Å². The number of carbonyl (C=O) groups is 1. The van der Waals surface area contributed by atoms with Gasteiger partial charge in [-0.05, 0) is 36.4 Å². The van der Waals surface area contributed by atoms with E-state index < -0.39 is 0 Å². The fraction of sp³-hybridized carbons (Fsp3) is 0.211. The Balaban J connectivity index is 1.59. The predicted molar refractivity (Wildman–Crippen MR) is 95.1 cm³/mol. The van der Waals surface area contributed by atoms with E-state index in [-0.39, 0.29) is 6.03 Å². The fourth-order valence-corrected chi connectivity index (χ4v) is 2.83. The van der Waals surface area contributed by atoms with E-state index in [0.717, 1.165) is 5.69 Å². The summed E-state index contributed by atoms with van der Waals surface area (Å²) in [5, 5.41) is 20.9. The maximum Gasteiger partial charge on any atom is 0.321 e. The van der Waals surface area contributed by atoms with Crippen molar-refractivity contribution in [3.05, 3.63) is 59.7 Å². The van der Waals surface area contributed by atoms with Crippen LogP contribution >= 0.6 is 0 Å². The monoisotopic (exact) mass is 331 g/mol. The summed E-state index contributed by atoms with van der Waals surface area (Å²) in [5.41, 5.74) is 2.79. The molecule has 0 unspecified atom stereocenters. The number of piperazine rings is 1. The summed E-state index contributed by atoms with van der Waals surface area (Å²) in [7, 11) is 0. The van der Waals surface area contributed by atoms with Crippen LogP contribution in [0.1, 0.15) is 11.1 Å². The van der Waals surface area contributed by atoms with Gasteiger partial charge >= 0.3 is 6.03 Å². The highest BCUT2D eigenvalue weighted by molar-refractivity contribution is 5.89. The third kappa shape index (κ3) is 3.70. The number of hydrogen-bond acceptors (Lipinski definition) is 4. The molecule has 0 aliphatic carbocycles. The van der Waals surface area contributed by atoms with Crippen molar-refractivity contribution in [1.82, 2.24) is 4.90 Å². The molecule has 1 saturated heterocycles. The van der Waals surface area contributed by atoms with Crippen molar-refractivity contribution in [3.8, 4) is 12.1 Å². The van der Waals surface area contributed by atoms with Crippen LogP contribution < -0.4 is 10.2 Å². The molecule has 0 bridgehead atoms. The standard InChI is InChI=1S/C19H17N5O/c20-13-15-5-7-17(8-6-15)22-19(25)24-11-9-23(10-12-24)18-4-2-1-3-16(18)14-21/h1-8H,9-12H2,(H,22,25). The number of nitrogens with zero attached hydrogens (tertiary/aromatic N) is 4. The molecule has 6 nitrogen and oxygen atoms in total. The SMILES string of the molecule is N#Cc1ccc(NC(=O)N2CCN(c3ccccc3C#N)CC2)cc1. The molecule has 0 spiro atoms. The van der Waals surface area contributed by atoms with E-state index in [9.17, 15) is 10.1 Å². The van der Waals surface area contributed by atoms with Crippen LogP contribution in [-0.2, 0) is 0 Å². The highest BCUT2D eigenvalue weighted by Gasteiger charge is 2.22. The van der Waals surface area contributed by atoms with Gasteiger partial charge in [-0.2, -0.15) is 10.5 Å². The molecule has 1 aliphatic rings. The molecule has 2 aromatic carbocycles. The minimum absolute atomic E-state index is 0.155. The molecule has 6 heteroatoms. The van der Waals surface area contributed by atoms with Gasteiger partial charge in [0.05, 0.1) is 22.9 Å². The summed E-state index contributed by atoms with van der Waals surface area (Å²) in [6, 6.07) is 18.4. The van der Waals surface area contributed by atoms with Crippen LogP contribution in [0, 0.1) is 22.7 Å². The van der Waals surface area contributed by atoms with Crippen molar-refractivity contribution in [1.29, 1.82) is 10.5 Å². The Morgan fingerprint density at radius 2 is 1.60 bits per heavy atom. The van der Waals surface area contributed by atoms with E-state index in [2.05, 4.69) is 16.3 Å². The molecule has 0 saturated carbocycles. The van der Waals surface area contributed by atoms with E-state index in [0.29, 0.717) is 43.0 Å². The number of nitrogens with one attached hydrogen (secondary N) is 1. The number of nitriles is 2. The molecule has 0 radical (unpaired) electrons. The quantitative estimate of drug-likeness (QED) is 0.917. The van der Waals surface area contributed by atoms with Gasteiger partial charge in [-0.3, -0.25) is 0 Å². The Morgan fingerprint density at radius 1 is 0.920 bits per heavy atom. The molecule has 2 amide bonds. The molecule has 1 aliphatic heterocycles. The van der Waals surface area contributed by atoms with Gasteiger partial charge in [-0.15, -0.1) is 0 Å². The van der Waals surface area contributed by atoms with Gasteiger partial charge in [0.25, 0.3) is 0 Å². The maximum atomic E-state index is 12.4. The lowest BCUT2D eigenvalue weighted by Gasteiger charge is -2.36. The Bertz CT molecular complexity index is 839. The molecule has 1 fully saturated rings. The lowest BCUT2D eigenvalue weighted by molar-refractivity contribution is 0.208. The highest BCUT2D eigenvalue weighted by atomic mass is 16.2. The third-order valence-electron chi connectivity index (χ3n) is 4.20. The molecule has 3 rings (SSSR count). The van der Waals surface area contributed by atoms with Gasteiger partial charge < -0.3 is 15.1 Å². The van der Waals surface area contributed by atoms with Gasteiger partial charge in [-0.1, -0.05) is 12.1 Å². The van der Waals surface area contributed by atoms with Crippen LogP contribution in [0.25, 0.3) is 0 Å². The summed E-state index contributed by atoms with van der Waals surface area (Å²) in [6.07, 6.45) is 0. The first-order valence-corrected chi connectivity index (χ1v) is 8.01. The van der Waals surface area contributed by atoms with Crippen LogP contribution in [-0.4, -0.2) is 37.1 Å². The minimum Gasteiger partial charge on any atom is -0.367 e. The molecule has 1 heterocycles. The van der Waals surface area contributed by atoms with Gasteiger partial charge in [0.1, 0.15) is 6.07 Å². The first kappa shape index (κ1) is 16.4. The Labute approximate surface area is 146 Å². The summed E-state index contributed by atoms with van der Waals surface area (Å²) in [6.45, 7) is 2.53. The van der Waals surface area contributed by atoms with Crippen molar-refractivity contribution in [2.45, 2.75) is 0 Å². The zero-order valence-corrected chi connectivity index (χ0v) is 13.6. The van der Waals surface area contributed by atoms with Crippen molar-refractivity contribution < 1.29 is 4.79 Å². The van der Waals surface area contributed by atoms with Crippen molar-refractivity contribution >= 4 is 17.4 Å². The lowest BCUT2D eigenvalue weighted by atomic mass is 10.1. The zero-order valence-electron chi connectivity index (χ0n) is 13.6. The molecule has 0 aromatic heterocycles. The van der Waals surface area contributed by atoms with Crippen LogP contribution in [0.15, 0.2) is 48.5 Å². The second-order valence-electron chi connectivity index (χ2n) is 5.72. The average molecular weight is 331 g/mol. The Kier molecular flexibility index (Phi) is 4.82. The summed E-state index contributed by atoms with van der Waals surface area (Å²) >= 11 is 0. The number of hydrogen-bond donors (Lipinski definition) is 1. The summed E-state index contributed by atoms with van der Waals surface area (Å²) < 4.78 is 0. The second-order valence-corrected chi connectivity index (χ2v) is 5.72. The number of carbonyl (C=O) groups excluding carboxylic acids is 1. The second kappa shape index (κ2) is 7.37. The normalized spacial score (nSPS) is 13.7. The third-order valence-corrected chi connectivity index (χ3v) is 4.20. The topological polar surface area (TPSA) is 83.2 Å². The number of para-hydroxylation sites is 1. The summed E-state index contributed by atoms with van der Waals surface area (Å²) in [4.78, 5) is 16.2. The first-order valence-electron chi connectivity index (χ1n) is 8.01. The molecule has 0 atom stereocenters. The average Bonchev–Trinajstić information content (AvgIpc) is 2.68. The van der Waals surface area contributed by atoms with Crippen LogP contribution in [0.5, 0.6) is 0 Å². The largest absolute Gasteiger partial charge is 0.367 e. The molecule has 2 aromatic rings. The van der Waals surface area contributed by atoms with Crippen LogP contribution in [0.3, 0.4) is 0 Å². The first-order chi connectivity index (χ1) is 12.2. The van der Waals surface area contributed by atoms with E-state index in [4.69, 9.17) is 5.26 Å². The van der Waals surface area contributed by atoms with Gasteiger partial charge in [0, 0.05) is 31.9 Å². The number of urea groups is 1. The van der Waals surface area contributed by atoms with Crippen molar-refractivity contribution in [3.63, 3.8) is 0 Å². The Morgan fingerprint density at radius 3 is 2.24 bits per heavy atom. The minimum atomic E-state index is -0.155. The molecule has 1 N–H and O–H groups in total. The lowest BCUT2D eigenvalue weighted by Crippen LogP contribution is -2.50. The van der Waals surface area contributed by atoms with E-state index in [1.807, 2.05) is 24.3 Å². The molecule has 124 valence electrons. The van der Waals surface area contributed by atoms with E-state index >= 15 is 0 Å². The van der Waals surface area contributed by atoms with Crippen molar-refractivity contribution in [2.24, 2.45) is 0 Å². The van der Waals surface area contributed by atoms with E-state index in [1.54, 1.807) is 35.2 Å². The highest BCUT2D eigenvalue weighted by Crippen LogP contribution is 2.21. The summed E-state index contributed by atoms with van der Waals surface area (Å²) in [5.74, 6) is 0. The van der Waals surface area contributed by atoms with Crippen LogP contribution in [0.2, 0.25) is 0 Å². The smallest absolute Gasteiger partial charge is 0.321 e. The number of rotatable bonds is 2. The molecular weight excluding hydrogens is 314 g/mol. The van der Waals surface area contributed by atoms with E-state index in [1.165, 1.54) is 0 Å².